The van der Waals surface area contributed by atoms with Crippen molar-refractivity contribution in [3.8, 4) is 0 Å². The number of rotatable bonds is 5. The Morgan fingerprint density at radius 3 is 2.26 bits per heavy atom. The van der Waals surface area contributed by atoms with Crippen molar-refractivity contribution >= 4 is 0 Å². The van der Waals surface area contributed by atoms with Gasteiger partial charge in [0.1, 0.15) is 0 Å². The molecule has 0 saturated carbocycles. The first kappa shape index (κ1) is 14.5. The Hall–Kier alpha value is -0.860. The molecule has 0 N–H and O–H groups in total. The largest absolute Gasteiger partial charge is 0.350 e. The number of benzene rings is 1. The molecule has 1 aliphatic rings. The third kappa shape index (κ3) is 3.80. The summed E-state index contributed by atoms with van der Waals surface area (Å²) in [6.45, 7) is 7.88. The molecule has 1 aromatic rings. The van der Waals surface area contributed by atoms with E-state index in [9.17, 15) is 0 Å². The topological polar surface area (TPSA) is 18.5 Å². The summed E-state index contributed by atoms with van der Waals surface area (Å²) in [5, 5.41) is 0. The molecular weight excluding hydrogens is 236 g/mol. The van der Waals surface area contributed by atoms with Gasteiger partial charge in [0.25, 0.3) is 0 Å². The van der Waals surface area contributed by atoms with E-state index in [0.29, 0.717) is 5.92 Å². The number of aryl methyl sites for hydroxylation is 1. The summed E-state index contributed by atoms with van der Waals surface area (Å²) in [5.41, 5.74) is 2.76. The number of unbranched alkanes of at least 4 members (excludes halogenated alkanes) is 1. The summed E-state index contributed by atoms with van der Waals surface area (Å²) in [5.74, 6) is -0.00255. The van der Waals surface area contributed by atoms with Crippen molar-refractivity contribution < 1.29 is 9.47 Å². The highest BCUT2D eigenvalue weighted by Crippen LogP contribution is 2.29. The predicted molar refractivity (Wildman–Crippen MR) is 78.4 cm³/mol. The molecule has 1 aliphatic heterocycles. The van der Waals surface area contributed by atoms with E-state index in [0.717, 1.165) is 19.6 Å². The molecule has 0 spiro atoms. The van der Waals surface area contributed by atoms with Crippen LogP contribution in [0.2, 0.25) is 0 Å². The predicted octanol–water partition coefficient (Wildman–Crippen LogP) is 4.29. The normalized spacial score (nSPS) is 27.4. The molecule has 0 aliphatic carbocycles. The van der Waals surface area contributed by atoms with Crippen molar-refractivity contribution in [2.24, 2.45) is 0 Å². The Balaban J connectivity index is 1.92. The Labute approximate surface area is 117 Å². The summed E-state index contributed by atoms with van der Waals surface area (Å²) in [4.78, 5) is 0. The summed E-state index contributed by atoms with van der Waals surface area (Å²) < 4.78 is 11.7. The van der Waals surface area contributed by atoms with Crippen molar-refractivity contribution in [1.82, 2.24) is 0 Å². The van der Waals surface area contributed by atoms with Crippen LogP contribution in [0.15, 0.2) is 24.3 Å². The summed E-state index contributed by atoms with van der Waals surface area (Å²) >= 11 is 0. The lowest BCUT2D eigenvalue weighted by atomic mass is 9.97. The monoisotopic (exact) mass is 262 g/mol. The lowest BCUT2D eigenvalue weighted by Gasteiger charge is -2.37. The van der Waals surface area contributed by atoms with Gasteiger partial charge in [0.05, 0.1) is 13.2 Å². The molecule has 1 saturated heterocycles. The maximum absolute atomic E-state index is 5.85. The minimum absolute atomic E-state index is 0.375. The molecule has 0 bridgehead atoms. The fourth-order valence-electron chi connectivity index (χ4n) is 2.38. The standard InChI is InChI=1S/C17H26O2/c1-4-6-7-14-8-10-15(11-9-14)16-12-18-17(3,5-2)19-13-16/h8-11,16H,4-7,12-13H2,1-3H3/t16-,17-. The first-order valence-corrected chi connectivity index (χ1v) is 7.53. The van der Waals surface area contributed by atoms with Gasteiger partial charge in [0, 0.05) is 5.92 Å². The molecule has 0 atom stereocenters. The van der Waals surface area contributed by atoms with Crippen LogP contribution in [0.25, 0.3) is 0 Å². The van der Waals surface area contributed by atoms with Crippen LogP contribution in [0.3, 0.4) is 0 Å². The zero-order valence-corrected chi connectivity index (χ0v) is 12.4. The molecule has 0 unspecified atom stereocenters. The van der Waals surface area contributed by atoms with Crippen molar-refractivity contribution in [3.05, 3.63) is 35.4 Å². The van der Waals surface area contributed by atoms with Gasteiger partial charge in [-0.1, -0.05) is 44.5 Å². The zero-order valence-electron chi connectivity index (χ0n) is 12.4. The van der Waals surface area contributed by atoms with E-state index in [1.807, 2.05) is 6.92 Å². The van der Waals surface area contributed by atoms with E-state index in [-0.39, 0.29) is 5.79 Å². The quantitative estimate of drug-likeness (QED) is 0.788. The molecule has 2 heteroatoms. The van der Waals surface area contributed by atoms with Gasteiger partial charge < -0.3 is 9.47 Å². The molecule has 1 heterocycles. The number of hydrogen-bond acceptors (Lipinski definition) is 2. The number of hydrogen-bond donors (Lipinski definition) is 0. The minimum atomic E-state index is -0.377. The van der Waals surface area contributed by atoms with Crippen molar-refractivity contribution in [1.29, 1.82) is 0 Å². The molecule has 1 fully saturated rings. The van der Waals surface area contributed by atoms with E-state index < -0.39 is 0 Å². The molecule has 0 amide bonds. The fourth-order valence-corrected chi connectivity index (χ4v) is 2.38. The maximum Gasteiger partial charge on any atom is 0.165 e. The van der Waals surface area contributed by atoms with Crippen LogP contribution < -0.4 is 0 Å². The molecule has 2 rings (SSSR count). The van der Waals surface area contributed by atoms with Gasteiger partial charge in [-0.25, -0.2) is 0 Å². The van der Waals surface area contributed by atoms with E-state index in [2.05, 4.69) is 38.1 Å². The van der Waals surface area contributed by atoms with Crippen LogP contribution in [0.4, 0.5) is 0 Å². The molecular formula is C17H26O2. The van der Waals surface area contributed by atoms with Crippen LogP contribution in [-0.4, -0.2) is 19.0 Å². The highest BCUT2D eigenvalue weighted by molar-refractivity contribution is 5.26. The second-order valence-corrected chi connectivity index (χ2v) is 5.65. The molecule has 0 aromatic heterocycles. The highest BCUT2D eigenvalue weighted by Gasteiger charge is 2.31. The van der Waals surface area contributed by atoms with E-state index >= 15 is 0 Å². The van der Waals surface area contributed by atoms with E-state index in [1.165, 1.54) is 30.4 Å². The van der Waals surface area contributed by atoms with Gasteiger partial charge in [-0.3, -0.25) is 0 Å². The van der Waals surface area contributed by atoms with Crippen molar-refractivity contribution in [2.45, 2.75) is 58.2 Å². The summed E-state index contributed by atoms with van der Waals surface area (Å²) in [6, 6.07) is 8.96. The summed E-state index contributed by atoms with van der Waals surface area (Å²) in [6.07, 6.45) is 4.60. The van der Waals surface area contributed by atoms with Crippen LogP contribution in [0, 0.1) is 0 Å². The average Bonchev–Trinajstić information content (AvgIpc) is 2.47. The summed E-state index contributed by atoms with van der Waals surface area (Å²) in [7, 11) is 0. The van der Waals surface area contributed by atoms with Crippen molar-refractivity contribution in [2.75, 3.05) is 13.2 Å². The minimum Gasteiger partial charge on any atom is -0.350 e. The molecule has 1 aromatic carbocycles. The Kier molecular flexibility index (Phi) is 5.00. The van der Waals surface area contributed by atoms with Gasteiger partial charge in [0.2, 0.25) is 0 Å². The van der Waals surface area contributed by atoms with Gasteiger partial charge in [-0.05, 0) is 37.3 Å². The molecule has 0 radical (unpaired) electrons. The van der Waals surface area contributed by atoms with Crippen LogP contribution in [-0.2, 0) is 15.9 Å². The SMILES string of the molecule is CCCCc1ccc([C@H]2CO[C@](C)(CC)OC2)cc1. The van der Waals surface area contributed by atoms with Gasteiger partial charge in [0.15, 0.2) is 5.79 Å². The molecule has 2 nitrogen and oxygen atoms in total. The fraction of sp³-hybridized carbons (Fsp3) is 0.647. The third-order valence-corrected chi connectivity index (χ3v) is 4.09. The lowest BCUT2D eigenvalue weighted by molar-refractivity contribution is -0.263. The Morgan fingerprint density at radius 1 is 1.11 bits per heavy atom. The molecule has 106 valence electrons. The van der Waals surface area contributed by atoms with Gasteiger partial charge >= 0.3 is 0 Å². The second kappa shape index (κ2) is 6.53. The Morgan fingerprint density at radius 2 is 1.74 bits per heavy atom. The van der Waals surface area contributed by atoms with Gasteiger partial charge in [-0.2, -0.15) is 0 Å². The van der Waals surface area contributed by atoms with Crippen LogP contribution in [0.1, 0.15) is 57.1 Å². The zero-order chi connectivity index (χ0) is 13.7. The first-order chi connectivity index (χ1) is 9.17. The number of ether oxygens (including phenoxy) is 2. The average molecular weight is 262 g/mol. The third-order valence-electron chi connectivity index (χ3n) is 4.09. The first-order valence-electron chi connectivity index (χ1n) is 7.53. The van der Waals surface area contributed by atoms with Crippen LogP contribution in [0.5, 0.6) is 0 Å². The van der Waals surface area contributed by atoms with Crippen LogP contribution >= 0.6 is 0 Å². The highest BCUT2D eigenvalue weighted by atomic mass is 16.7. The Bertz CT molecular complexity index is 375. The molecule has 19 heavy (non-hydrogen) atoms. The second-order valence-electron chi connectivity index (χ2n) is 5.65. The van der Waals surface area contributed by atoms with E-state index in [1.54, 1.807) is 0 Å². The van der Waals surface area contributed by atoms with E-state index in [4.69, 9.17) is 9.47 Å². The smallest absolute Gasteiger partial charge is 0.165 e. The van der Waals surface area contributed by atoms with Crippen molar-refractivity contribution in [3.63, 3.8) is 0 Å². The lowest BCUT2D eigenvalue weighted by Crippen LogP contribution is -2.40. The van der Waals surface area contributed by atoms with Gasteiger partial charge in [-0.15, -0.1) is 0 Å². The maximum atomic E-state index is 5.85.